The predicted octanol–water partition coefficient (Wildman–Crippen LogP) is 3.36. The molecular formula is C18H20ClNO4. The normalized spacial score (nSPS) is 10.2. The number of rotatable bonds is 7. The Morgan fingerprint density at radius 3 is 2.33 bits per heavy atom. The largest absolute Gasteiger partial charge is 0.493 e. The molecule has 0 aliphatic carbocycles. The Morgan fingerprint density at radius 1 is 1.08 bits per heavy atom. The van der Waals surface area contributed by atoms with Gasteiger partial charge in [-0.05, 0) is 30.7 Å². The van der Waals surface area contributed by atoms with Crippen molar-refractivity contribution in [1.82, 2.24) is 5.32 Å². The van der Waals surface area contributed by atoms with E-state index >= 15 is 0 Å². The van der Waals surface area contributed by atoms with E-state index in [1.165, 1.54) is 7.11 Å². The van der Waals surface area contributed by atoms with Gasteiger partial charge in [-0.2, -0.15) is 0 Å². The standard InChI is InChI=1S/C18H20ClNO4/c1-12-4-6-14(7-5-12)24-11-18(21)20-10-13-8-16(22-2)17(23-3)9-15(13)19/h4-9H,10-11H2,1-3H3,(H,20,21). The fraction of sp³-hybridized carbons (Fsp3) is 0.278. The van der Waals surface area contributed by atoms with E-state index in [9.17, 15) is 4.79 Å². The van der Waals surface area contributed by atoms with Crippen LogP contribution in [0.3, 0.4) is 0 Å². The van der Waals surface area contributed by atoms with Gasteiger partial charge in [-0.25, -0.2) is 0 Å². The minimum atomic E-state index is -0.235. The Labute approximate surface area is 146 Å². The molecule has 5 nitrogen and oxygen atoms in total. The first-order chi connectivity index (χ1) is 11.5. The van der Waals surface area contributed by atoms with E-state index in [0.29, 0.717) is 22.3 Å². The maximum Gasteiger partial charge on any atom is 0.258 e. The second-order valence-electron chi connectivity index (χ2n) is 5.18. The molecule has 0 fully saturated rings. The Hall–Kier alpha value is -2.40. The summed E-state index contributed by atoms with van der Waals surface area (Å²) in [5.41, 5.74) is 1.87. The molecule has 0 aliphatic rings. The van der Waals surface area contributed by atoms with Crippen LogP contribution in [0.5, 0.6) is 17.2 Å². The molecule has 128 valence electrons. The van der Waals surface area contributed by atoms with Crippen LogP contribution in [0, 0.1) is 6.92 Å². The summed E-state index contributed by atoms with van der Waals surface area (Å²) in [6.07, 6.45) is 0. The molecular weight excluding hydrogens is 330 g/mol. The topological polar surface area (TPSA) is 56.8 Å². The highest BCUT2D eigenvalue weighted by atomic mass is 35.5. The van der Waals surface area contributed by atoms with Gasteiger partial charge in [-0.15, -0.1) is 0 Å². The molecule has 0 aliphatic heterocycles. The lowest BCUT2D eigenvalue weighted by Gasteiger charge is -2.12. The molecule has 0 unspecified atom stereocenters. The Morgan fingerprint density at radius 2 is 1.71 bits per heavy atom. The van der Waals surface area contributed by atoms with Crippen LogP contribution in [0.1, 0.15) is 11.1 Å². The van der Waals surface area contributed by atoms with E-state index in [0.717, 1.165) is 11.1 Å². The minimum absolute atomic E-state index is 0.0615. The molecule has 2 rings (SSSR count). The average Bonchev–Trinajstić information content (AvgIpc) is 2.59. The minimum Gasteiger partial charge on any atom is -0.493 e. The van der Waals surface area contributed by atoms with Crippen molar-refractivity contribution in [2.45, 2.75) is 13.5 Å². The highest BCUT2D eigenvalue weighted by Gasteiger charge is 2.11. The van der Waals surface area contributed by atoms with Crippen molar-refractivity contribution >= 4 is 17.5 Å². The first kappa shape index (κ1) is 17.9. The number of carbonyl (C=O) groups is 1. The van der Waals surface area contributed by atoms with E-state index < -0.39 is 0 Å². The van der Waals surface area contributed by atoms with Crippen molar-refractivity contribution in [2.75, 3.05) is 20.8 Å². The maximum atomic E-state index is 11.9. The molecule has 1 N–H and O–H groups in total. The van der Waals surface area contributed by atoms with Crippen molar-refractivity contribution in [2.24, 2.45) is 0 Å². The summed E-state index contributed by atoms with van der Waals surface area (Å²) in [5.74, 6) is 1.52. The van der Waals surface area contributed by atoms with E-state index in [-0.39, 0.29) is 19.1 Å². The van der Waals surface area contributed by atoms with Crippen molar-refractivity contribution in [3.05, 3.63) is 52.5 Å². The SMILES string of the molecule is COc1cc(Cl)c(CNC(=O)COc2ccc(C)cc2)cc1OC. The number of hydrogen-bond donors (Lipinski definition) is 1. The third kappa shape index (κ3) is 4.80. The van der Waals surface area contributed by atoms with Crippen molar-refractivity contribution in [3.8, 4) is 17.2 Å². The van der Waals surface area contributed by atoms with Gasteiger partial charge in [0.25, 0.3) is 5.91 Å². The Balaban J connectivity index is 1.90. The monoisotopic (exact) mass is 349 g/mol. The van der Waals surface area contributed by atoms with Crippen LogP contribution in [-0.4, -0.2) is 26.7 Å². The number of hydrogen-bond acceptors (Lipinski definition) is 4. The van der Waals surface area contributed by atoms with Gasteiger partial charge >= 0.3 is 0 Å². The number of ether oxygens (including phenoxy) is 3. The maximum absolute atomic E-state index is 11.9. The van der Waals surface area contributed by atoms with E-state index in [4.69, 9.17) is 25.8 Å². The van der Waals surface area contributed by atoms with Gasteiger partial charge in [0.15, 0.2) is 18.1 Å². The number of carbonyl (C=O) groups excluding carboxylic acids is 1. The zero-order valence-corrected chi connectivity index (χ0v) is 14.6. The van der Waals surface area contributed by atoms with Crippen molar-refractivity contribution < 1.29 is 19.0 Å². The second-order valence-corrected chi connectivity index (χ2v) is 5.58. The van der Waals surface area contributed by atoms with Crippen molar-refractivity contribution in [3.63, 3.8) is 0 Å². The fourth-order valence-corrected chi connectivity index (χ4v) is 2.28. The molecule has 0 saturated carbocycles. The van der Waals surface area contributed by atoms with Crippen LogP contribution >= 0.6 is 11.6 Å². The van der Waals surface area contributed by atoms with Gasteiger partial charge in [0, 0.05) is 17.6 Å². The number of halogens is 1. The highest BCUT2D eigenvalue weighted by Crippen LogP contribution is 2.32. The first-order valence-corrected chi connectivity index (χ1v) is 7.78. The fourth-order valence-electron chi connectivity index (χ4n) is 2.06. The number of nitrogens with one attached hydrogen (secondary N) is 1. The molecule has 2 aromatic rings. The predicted molar refractivity (Wildman–Crippen MR) is 93.1 cm³/mol. The summed E-state index contributed by atoms with van der Waals surface area (Å²) in [6, 6.07) is 10.9. The van der Waals surface area contributed by atoms with E-state index in [1.54, 1.807) is 19.2 Å². The summed E-state index contributed by atoms with van der Waals surface area (Å²) >= 11 is 6.19. The molecule has 0 radical (unpaired) electrons. The van der Waals surface area contributed by atoms with Gasteiger partial charge in [-0.1, -0.05) is 29.3 Å². The summed E-state index contributed by atoms with van der Waals surface area (Å²) in [7, 11) is 3.08. The third-order valence-electron chi connectivity index (χ3n) is 3.42. The molecule has 1 amide bonds. The number of aryl methyl sites for hydroxylation is 1. The van der Waals surface area contributed by atoms with E-state index in [2.05, 4.69) is 5.32 Å². The molecule has 0 bridgehead atoms. The molecule has 0 spiro atoms. The molecule has 0 heterocycles. The quantitative estimate of drug-likeness (QED) is 0.832. The van der Waals surface area contributed by atoms with Gasteiger partial charge in [0.2, 0.25) is 0 Å². The van der Waals surface area contributed by atoms with Crippen LogP contribution in [0.15, 0.2) is 36.4 Å². The van der Waals surface area contributed by atoms with Crippen LogP contribution in [0.4, 0.5) is 0 Å². The lowest BCUT2D eigenvalue weighted by molar-refractivity contribution is -0.123. The van der Waals surface area contributed by atoms with Gasteiger partial charge in [0.1, 0.15) is 5.75 Å². The molecule has 6 heteroatoms. The summed E-state index contributed by atoms with van der Waals surface area (Å²) in [4.78, 5) is 11.9. The van der Waals surface area contributed by atoms with Gasteiger partial charge < -0.3 is 19.5 Å². The molecule has 0 saturated heterocycles. The lowest BCUT2D eigenvalue weighted by Crippen LogP contribution is -2.28. The average molecular weight is 350 g/mol. The zero-order valence-electron chi connectivity index (χ0n) is 13.9. The van der Waals surface area contributed by atoms with Gasteiger partial charge in [-0.3, -0.25) is 4.79 Å². The summed E-state index contributed by atoms with van der Waals surface area (Å²) in [6.45, 7) is 2.20. The lowest BCUT2D eigenvalue weighted by atomic mass is 10.2. The smallest absolute Gasteiger partial charge is 0.258 e. The molecule has 24 heavy (non-hydrogen) atoms. The van der Waals surface area contributed by atoms with Crippen LogP contribution in [0.25, 0.3) is 0 Å². The summed E-state index contributed by atoms with van der Waals surface area (Å²) < 4.78 is 15.8. The number of methoxy groups -OCH3 is 2. The third-order valence-corrected chi connectivity index (χ3v) is 3.77. The molecule has 2 aromatic carbocycles. The summed E-state index contributed by atoms with van der Waals surface area (Å²) in [5, 5.41) is 3.26. The van der Waals surface area contributed by atoms with Crippen LogP contribution in [-0.2, 0) is 11.3 Å². The molecule has 0 atom stereocenters. The van der Waals surface area contributed by atoms with Crippen molar-refractivity contribution in [1.29, 1.82) is 0 Å². The Bertz CT molecular complexity index is 701. The van der Waals surface area contributed by atoms with Gasteiger partial charge in [0.05, 0.1) is 14.2 Å². The number of amides is 1. The first-order valence-electron chi connectivity index (χ1n) is 7.40. The highest BCUT2D eigenvalue weighted by molar-refractivity contribution is 6.31. The van der Waals surface area contributed by atoms with Crippen LogP contribution < -0.4 is 19.5 Å². The zero-order chi connectivity index (χ0) is 17.5. The van der Waals surface area contributed by atoms with E-state index in [1.807, 2.05) is 31.2 Å². The second kappa shape index (κ2) is 8.45. The van der Waals surface area contributed by atoms with Crippen LogP contribution in [0.2, 0.25) is 5.02 Å². The molecule has 0 aromatic heterocycles. The Kier molecular flexibility index (Phi) is 6.32. The number of benzene rings is 2.